The molecule has 1 aromatic carbocycles. The number of β-amino-alcohol motifs (C(OH)–C–C–N with tert-alkyl or cyclic N) is 1. The van der Waals surface area contributed by atoms with Crippen LogP contribution >= 0.6 is 0 Å². The van der Waals surface area contributed by atoms with Crippen LogP contribution in [-0.2, 0) is 4.74 Å². The molecule has 1 aliphatic heterocycles. The SMILES string of the molecule is OC(COc1ccccc1)CN1CCC(OC2CCCCC2)CC1. The highest BCUT2D eigenvalue weighted by Crippen LogP contribution is 2.24. The fourth-order valence-corrected chi connectivity index (χ4v) is 3.76. The number of rotatable bonds is 7. The number of aliphatic hydroxyl groups is 1. The average molecular weight is 333 g/mol. The largest absolute Gasteiger partial charge is 0.491 e. The topological polar surface area (TPSA) is 41.9 Å². The molecule has 1 N–H and O–H groups in total. The Morgan fingerprint density at radius 1 is 0.958 bits per heavy atom. The zero-order chi connectivity index (χ0) is 16.6. The van der Waals surface area contributed by atoms with Crippen LogP contribution in [0.15, 0.2) is 30.3 Å². The lowest BCUT2D eigenvalue weighted by Gasteiger charge is -2.35. The van der Waals surface area contributed by atoms with Gasteiger partial charge in [0, 0.05) is 19.6 Å². The van der Waals surface area contributed by atoms with Crippen molar-refractivity contribution in [3.63, 3.8) is 0 Å². The highest BCUT2D eigenvalue weighted by atomic mass is 16.5. The molecule has 24 heavy (non-hydrogen) atoms. The predicted molar refractivity (Wildman–Crippen MR) is 95.4 cm³/mol. The number of benzene rings is 1. The quantitative estimate of drug-likeness (QED) is 0.832. The van der Waals surface area contributed by atoms with Crippen molar-refractivity contribution in [2.75, 3.05) is 26.2 Å². The van der Waals surface area contributed by atoms with E-state index in [2.05, 4.69) is 4.90 Å². The van der Waals surface area contributed by atoms with Gasteiger partial charge in [-0.1, -0.05) is 37.5 Å². The van der Waals surface area contributed by atoms with Gasteiger partial charge in [-0.15, -0.1) is 0 Å². The van der Waals surface area contributed by atoms with Crippen LogP contribution in [0.2, 0.25) is 0 Å². The number of piperidine rings is 1. The summed E-state index contributed by atoms with van der Waals surface area (Å²) in [5.41, 5.74) is 0. The first-order valence-corrected chi connectivity index (χ1v) is 9.53. The van der Waals surface area contributed by atoms with Gasteiger partial charge in [-0.25, -0.2) is 0 Å². The molecule has 0 spiro atoms. The van der Waals surface area contributed by atoms with E-state index < -0.39 is 6.10 Å². The zero-order valence-corrected chi connectivity index (χ0v) is 14.6. The van der Waals surface area contributed by atoms with E-state index in [9.17, 15) is 5.11 Å². The third kappa shape index (κ3) is 5.76. The van der Waals surface area contributed by atoms with E-state index in [1.165, 1.54) is 32.1 Å². The van der Waals surface area contributed by atoms with Crippen molar-refractivity contribution in [2.45, 2.75) is 63.3 Å². The van der Waals surface area contributed by atoms with Crippen LogP contribution in [-0.4, -0.2) is 54.6 Å². The van der Waals surface area contributed by atoms with Gasteiger partial charge in [0.25, 0.3) is 0 Å². The molecule has 4 nitrogen and oxygen atoms in total. The van der Waals surface area contributed by atoms with Crippen molar-refractivity contribution in [2.24, 2.45) is 0 Å². The maximum Gasteiger partial charge on any atom is 0.119 e. The smallest absolute Gasteiger partial charge is 0.119 e. The summed E-state index contributed by atoms with van der Waals surface area (Å²) in [5, 5.41) is 10.2. The van der Waals surface area contributed by atoms with Gasteiger partial charge in [0.2, 0.25) is 0 Å². The van der Waals surface area contributed by atoms with Crippen molar-refractivity contribution in [3.8, 4) is 5.75 Å². The Morgan fingerprint density at radius 2 is 1.62 bits per heavy atom. The normalized spacial score (nSPS) is 22.4. The molecule has 1 saturated carbocycles. The zero-order valence-electron chi connectivity index (χ0n) is 14.6. The van der Waals surface area contributed by atoms with E-state index in [0.717, 1.165) is 31.7 Å². The molecule has 1 saturated heterocycles. The van der Waals surface area contributed by atoms with Crippen molar-refractivity contribution in [1.29, 1.82) is 0 Å². The minimum atomic E-state index is -0.444. The number of aliphatic hydroxyl groups excluding tert-OH is 1. The van der Waals surface area contributed by atoms with Crippen LogP contribution < -0.4 is 4.74 Å². The highest BCUT2D eigenvalue weighted by Gasteiger charge is 2.25. The second-order valence-electron chi connectivity index (χ2n) is 7.17. The summed E-state index contributed by atoms with van der Waals surface area (Å²) < 4.78 is 11.9. The number of ether oxygens (including phenoxy) is 2. The Bertz CT molecular complexity index is 453. The molecule has 0 amide bonds. The van der Waals surface area contributed by atoms with Gasteiger partial charge in [0.1, 0.15) is 18.5 Å². The van der Waals surface area contributed by atoms with Crippen LogP contribution in [0.5, 0.6) is 5.75 Å². The van der Waals surface area contributed by atoms with Gasteiger partial charge in [0.15, 0.2) is 0 Å². The molecule has 2 aliphatic rings. The van der Waals surface area contributed by atoms with Crippen LogP contribution in [0.4, 0.5) is 0 Å². The third-order valence-electron chi connectivity index (χ3n) is 5.13. The fourth-order valence-electron chi connectivity index (χ4n) is 3.76. The first-order chi connectivity index (χ1) is 11.8. The molecule has 0 radical (unpaired) electrons. The van der Waals surface area contributed by atoms with Crippen molar-refractivity contribution in [3.05, 3.63) is 30.3 Å². The van der Waals surface area contributed by atoms with Gasteiger partial charge in [-0.3, -0.25) is 0 Å². The minimum Gasteiger partial charge on any atom is -0.491 e. The minimum absolute atomic E-state index is 0.350. The number of hydrogen-bond donors (Lipinski definition) is 1. The molecule has 1 unspecified atom stereocenters. The van der Waals surface area contributed by atoms with E-state index in [4.69, 9.17) is 9.47 Å². The van der Waals surface area contributed by atoms with Crippen LogP contribution in [0.25, 0.3) is 0 Å². The fraction of sp³-hybridized carbons (Fsp3) is 0.700. The number of nitrogens with zero attached hydrogens (tertiary/aromatic N) is 1. The molecule has 4 heteroatoms. The Hall–Kier alpha value is -1.10. The molecule has 1 heterocycles. The third-order valence-corrected chi connectivity index (χ3v) is 5.13. The molecule has 0 aromatic heterocycles. The molecular weight excluding hydrogens is 302 g/mol. The Labute approximate surface area is 145 Å². The van der Waals surface area contributed by atoms with E-state index in [1.54, 1.807) is 0 Å². The van der Waals surface area contributed by atoms with Crippen LogP contribution in [0, 0.1) is 0 Å². The highest BCUT2D eigenvalue weighted by molar-refractivity contribution is 5.20. The van der Waals surface area contributed by atoms with E-state index in [1.807, 2.05) is 30.3 Å². The summed E-state index contributed by atoms with van der Waals surface area (Å²) in [6, 6.07) is 9.68. The first kappa shape index (κ1) is 17.7. The predicted octanol–water partition coefficient (Wildman–Crippen LogP) is 3.24. The van der Waals surface area contributed by atoms with Crippen molar-refractivity contribution >= 4 is 0 Å². The molecule has 2 fully saturated rings. The second kappa shape index (κ2) is 9.40. The van der Waals surface area contributed by atoms with E-state index in [0.29, 0.717) is 25.4 Å². The lowest BCUT2D eigenvalue weighted by atomic mass is 9.97. The monoisotopic (exact) mass is 333 g/mol. The molecule has 134 valence electrons. The van der Waals surface area contributed by atoms with Crippen molar-refractivity contribution in [1.82, 2.24) is 4.90 Å². The lowest BCUT2D eigenvalue weighted by molar-refractivity contribution is -0.0601. The number of likely N-dealkylation sites (tertiary alicyclic amines) is 1. The summed E-state index contributed by atoms with van der Waals surface area (Å²) in [6.45, 7) is 3.06. The Kier molecular flexibility index (Phi) is 6.94. The molecule has 1 aliphatic carbocycles. The first-order valence-electron chi connectivity index (χ1n) is 9.53. The average Bonchev–Trinajstić information content (AvgIpc) is 2.63. The lowest BCUT2D eigenvalue weighted by Crippen LogP contribution is -2.43. The summed E-state index contributed by atoms with van der Waals surface area (Å²) in [6.07, 6.45) is 9.18. The molecule has 1 atom stereocenters. The molecule has 3 rings (SSSR count). The summed E-state index contributed by atoms with van der Waals surface area (Å²) in [4.78, 5) is 2.33. The van der Waals surface area contributed by atoms with Crippen LogP contribution in [0.1, 0.15) is 44.9 Å². The number of hydrogen-bond acceptors (Lipinski definition) is 4. The summed E-state index contributed by atoms with van der Waals surface area (Å²) >= 11 is 0. The summed E-state index contributed by atoms with van der Waals surface area (Å²) in [5.74, 6) is 0.816. The van der Waals surface area contributed by atoms with Gasteiger partial charge >= 0.3 is 0 Å². The van der Waals surface area contributed by atoms with Gasteiger partial charge < -0.3 is 19.5 Å². The Morgan fingerprint density at radius 3 is 2.33 bits per heavy atom. The maximum atomic E-state index is 10.2. The van der Waals surface area contributed by atoms with Gasteiger partial charge in [-0.2, -0.15) is 0 Å². The van der Waals surface area contributed by atoms with E-state index >= 15 is 0 Å². The maximum absolute atomic E-state index is 10.2. The van der Waals surface area contributed by atoms with Crippen molar-refractivity contribution < 1.29 is 14.6 Å². The standard InChI is InChI=1S/C20H31NO3/c22-17(16-23-18-7-3-1-4-8-18)15-21-13-11-20(12-14-21)24-19-9-5-2-6-10-19/h1,3-4,7-8,17,19-20,22H,2,5-6,9-16H2. The molecule has 0 bridgehead atoms. The van der Waals surface area contributed by atoms with Gasteiger partial charge in [0.05, 0.1) is 12.2 Å². The van der Waals surface area contributed by atoms with Crippen LogP contribution in [0.3, 0.4) is 0 Å². The van der Waals surface area contributed by atoms with Gasteiger partial charge in [-0.05, 0) is 37.8 Å². The van der Waals surface area contributed by atoms with E-state index in [-0.39, 0.29) is 0 Å². The summed E-state index contributed by atoms with van der Waals surface area (Å²) in [7, 11) is 0. The second-order valence-corrected chi connectivity index (χ2v) is 7.17. The molecular formula is C20H31NO3. The number of para-hydroxylation sites is 1. The Balaban J connectivity index is 1.31. The molecule has 1 aromatic rings.